The van der Waals surface area contributed by atoms with Crippen LogP contribution in [0.5, 0.6) is 0 Å². The minimum absolute atomic E-state index is 0.0234. The molecule has 0 aromatic heterocycles. The SMILES string of the molecule is COC(=O)C1=C(OC(=O)c2ccccc2)C[C@@H]2CC[C@H]1N2C. The zero-order valence-corrected chi connectivity index (χ0v) is 12.7. The van der Waals surface area contributed by atoms with Crippen molar-refractivity contribution in [1.29, 1.82) is 0 Å². The summed E-state index contributed by atoms with van der Waals surface area (Å²) in [4.78, 5) is 26.6. The summed E-state index contributed by atoms with van der Waals surface area (Å²) in [5.74, 6) is -0.375. The first kappa shape index (κ1) is 14.8. The van der Waals surface area contributed by atoms with E-state index in [1.165, 1.54) is 7.11 Å². The minimum Gasteiger partial charge on any atom is -0.466 e. The van der Waals surface area contributed by atoms with Crippen LogP contribution in [0, 0.1) is 0 Å². The van der Waals surface area contributed by atoms with Crippen molar-refractivity contribution in [3.63, 3.8) is 0 Å². The second-order valence-electron chi connectivity index (χ2n) is 5.70. The maximum absolute atomic E-state index is 12.3. The van der Waals surface area contributed by atoms with Crippen LogP contribution in [0.4, 0.5) is 0 Å². The average Bonchev–Trinajstić information content (AvgIpc) is 2.78. The molecule has 0 saturated carbocycles. The average molecular weight is 301 g/mol. The summed E-state index contributed by atoms with van der Waals surface area (Å²) < 4.78 is 10.4. The Hall–Kier alpha value is -2.14. The largest absolute Gasteiger partial charge is 0.466 e. The van der Waals surface area contributed by atoms with E-state index in [0.29, 0.717) is 29.4 Å². The number of ether oxygens (including phenoxy) is 2. The third-order valence-electron chi connectivity index (χ3n) is 4.53. The number of benzene rings is 1. The number of esters is 2. The fraction of sp³-hybridized carbons (Fsp3) is 0.412. The first-order chi connectivity index (χ1) is 10.6. The van der Waals surface area contributed by atoms with E-state index in [0.717, 1.165) is 12.8 Å². The van der Waals surface area contributed by atoms with Crippen molar-refractivity contribution in [3.05, 3.63) is 47.2 Å². The Kier molecular flexibility index (Phi) is 3.98. The molecule has 2 aliphatic rings. The van der Waals surface area contributed by atoms with Crippen LogP contribution in [-0.2, 0) is 14.3 Å². The Bertz CT molecular complexity index is 623. The van der Waals surface area contributed by atoms with E-state index in [1.54, 1.807) is 24.3 Å². The number of likely N-dealkylation sites (N-methyl/N-ethyl adjacent to an activating group) is 1. The van der Waals surface area contributed by atoms with E-state index in [-0.39, 0.29) is 6.04 Å². The van der Waals surface area contributed by atoms with Crippen molar-refractivity contribution >= 4 is 11.9 Å². The number of fused-ring (bicyclic) bond motifs is 2. The van der Waals surface area contributed by atoms with Crippen molar-refractivity contribution in [1.82, 2.24) is 4.90 Å². The van der Waals surface area contributed by atoms with Gasteiger partial charge in [0, 0.05) is 18.5 Å². The smallest absolute Gasteiger partial charge is 0.343 e. The molecule has 2 atom stereocenters. The van der Waals surface area contributed by atoms with E-state index in [4.69, 9.17) is 9.47 Å². The van der Waals surface area contributed by atoms with Gasteiger partial charge in [-0.2, -0.15) is 0 Å². The third-order valence-corrected chi connectivity index (χ3v) is 4.53. The first-order valence-electron chi connectivity index (χ1n) is 7.42. The Morgan fingerprint density at radius 2 is 1.86 bits per heavy atom. The standard InChI is InChI=1S/C17H19NO4/c1-18-12-8-9-13(18)15(17(20)21-2)14(10-12)22-16(19)11-6-4-3-5-7-11/h3-7,12-13H,8-10H2,1-2H3/t12-,13+/m0/s1. The van der Waals surface area contributed by atoms with Gasteiger partial charge in [0.2, 0.25) is 0 Å². The van der Waals surface area contributed by atoms with Gasteiger partial charge in [-0.15, -0.1) is 0 Å². The molecule has 2 heterocycles. The molecular weight excluding hydrogens is 282 g/mol. The summed E-state index contributed by atoms with van der Waals surface area (Å²) in [6.45, 7) is 0. The van der Waals surface area contributed by atoms with Gasteiger partial charge in [-0.25, -0.2) is 9.59 Å². The third kappa shape index (κ3) is 2.52. The lowest BCUT2D eigenvalue weighted by Crippen LogP contribution is -2.41. The Morgan fingerprint density at radius 1 is 1.14 bits per heavy atom. The van der Waals surface area contributed by atoms with Crippen LogP contribution in [0.2, 0.25) is 0 Å². The van der Waals surface area contributed by atoms with Crippen LogP contribution in [-0.4, -0.2) is 43.1 Å². The van der Waals surface area contributed by atoms with Crippen molar-refractivity contribution in [3.8, 4) is 0 Å². The molecule has 0 spiro atoms. The van der Waals surface area contributed by atoms with Gasteiger partial charge in [0.05, 0.1) is 18.2 Å². The number of carbonyl (C=O) groups is 2. The Morgan fingerprint density at radius 3 is 2.55 bits per heavy atom. The first-order valence-corrected chi connectivity index (χ1v) is 7.42. The zero-order chi connectivity index (χ0) is 15.7. The maximum atomic E-state index is 12.3. The van der Waals surface area contributed by atoms with Gasteiger partial charge in [-0.3, -0.25) is 4.90 Å². The van der Waals surface area contributed by atoms with E-state index < -0.39 is 11.9 Å². The molecule has 0 aliphatic carbocycles. The highest BCUT2D eigenvalue weighted by Crippen LogP contribution is 2.39. The number of rotatable bonds is 3. The van der Waals surface area contributed by atoms with Crippen molar-refractivity contribution < 1.29 is 19.1 Å². The van der Waals surface area contributed by atoms with E-state index in [1.807, 2.05) is 13.1 Å². The molecule has 1 saturated heterocycles. The van der Waals surface area contributed by atoms with Gasteiger partial charge in [-0.05, 0) is 32.0 Å². The van der Waals surface area contributed by atoms with Crippen LogP contribution < -0.4 is 0 Å². The van der Waals surface area contributed by atoms with Crippen LogP contribution in [0.15, 0.2) is 41.7 Å². The van der Waals surface area contributed by atoms with Gasteiger partial charge in [0.25, 0.3) is 0 Å². The molecule has 2 aliphatic heterocycles. The summed E-state index contributed by atoms with van der Waals surface area (Å²) in [7, 11) is 3.36. The molecule has 0 N–H and O–H groups in total. The van der Waals surface area contributed by atoms with Crippen LogP contribution in [0.1, 0.15) is 29.6 Å². The second kappa shape index (κ2) is 5.93. The quantitative estimate of drug-likeness (QED) is 0.801. The van der Waals surface area contributed by atoms with Crippen molar-refractivity contribution in [2.24, 2.45) is 0 Å². The van der Waals surface area contributed by atoms with E-state index in [9.17, 15) is 9.59 Å². The highest BCUT2D eigenvalue weighted by atomic mass is 16.5. The lowest BCUT2D eigenvalue weighted by Gasteiger charge is -2.33. The Balaban J connectivity index is 1.90. The molecule has 1 aromatic rings. The molecule has 22 heavy (non-hydrogen) atoms. The van der Waals surface area contributed by atoms with Gasteiger partial charge in [0.15, 0.2) is 0 Å². The highest BCUT2D eigenvalue weighted by molar-refractivity contribution is 5.93. The van der Waals surface area contributed by atoms with Crippen LogP contribution in [0.25, 0.3) is 0 Å². The lowest BCUT2D eigenvalue weighted by molar-refractivity contribution is -0.137. The molecule has 1 fully saturated rings. The van der Waals surface area contributed by atoms with Gasteiger partial charge in [0.1, 0.15) is 5.76 Å². The van der Waals surface area contributed by atoms with E-state index in [2.05, 4.69) is 4.90 Å². The molecule has 0 radical (unpaired) electrons. The van der Waals surface area contributed by atoms with Crippen molar-refractivity contribution in [2.75, 3.05) is 14.2 Å². The maximum Gasteiger partial charge on any atom is 0.343 e. The molecular formula is C17H19NO4. The fourth-order valence-electron chi connectivity index (χ4n) is 3.32. The number of methoxy groups -OCH3 is 1. The van der Waals surface area contributed by atoms with Crippen molar-refractivity contribution in [2.45, 2.75) is 31.3 Å². The molecule has 0 unspecified atom stereocenters. The predicted octanol–water partition coefficient (Wildman–Crippen LogP) is 2.14. The topological polar surface area (TPSA) is 55.8 Å². The highest BCUT2D eigenvalue weighted by Gasteiger charge is 2.43. The minimum atomic E-state index is -0.430. The number of nitrogens with zero attached hydrogens (tertiary/aromatic N) is 1. The summed E-state index contributed by atoms with van der Waals surface area (Å²) in [6, 6.07) is 9.09. The molecule has 1 aromatic carbocycles. The second-order valence-corrected chi connectivity index (χ2v) is 5.70. The zero-order valence-electron chi connectivity index (χ0n) is 12.7. The summed E-state index contributed by atoms with van der Waals surface area (Å²) >= 11 is 0. The molecule has 5 heteroatoms. The molecule has 3 rings (SSSR count). The number of hydrogen-bond acceptors (Lipinski definition) is 5. The lowest BCUT2D eigenvalue weighted by atomic mass is 10.00. The molecule has 2 bridgehead atoms. The van der Waals surface area contributed by atoms with Gasteiger partial charge < -0.3 is 9.47 Å². The molecule has 0 amide bonds. The predicted molar refractivity (Wildman–Crippen MR) is 80.1 cm³/mol. The molecule has 116 valence electrons. The number of hydrogen-bond donors (Lipinski definition) is 0. The normalized spacial score (nSPS) is 24.3. The van der Waals surface area contributed by atoms with Crippen LogP contribution in [0.3, 0.4) is 0 Å². The van der Waals surface area contributed by atoms with E-state index >= 15 is 0 Å². The Labute approximate surface area is 129 Å². The van der Waals surface area contributed by atoms with Gasteiger partial charge in [-0.1, -0.05) is 18.2 Å². The summed E-state index contributed by atoms with van der Waals surface area (Å²) in [5, 5.41) is 0. The fourth-order valence-corrected chi connectivity index (χ4v) is 3.32. The van der Waals surface area contributed by atoms with Crippen LogP contribution >= 0.6 is 0 Å². The summed E-state index contributed by atoms with van der Waals surface area (Å²) in [6.07, 6.45) is 2.45. The molecule has 5 nitrogen and oxygen atoms in total. The monoisotopic (exact) mass is 301 g/mol. The summed E-state index contributed by atoms with van der Waals surface area (Å²) in [5.41, 5.74) is 0.966. The number of carbonyl (C=O) groups excluding carboxylic acids is 2. The van der Waals surface area contributed by atoms with Gasteiger partial charge >= 0.3 is 11.9 Å².